The molecule has 3 aliphatic rings. The van der Waals surface area contributed by atoms with Crippen LogP contribution in [0.3, 0.4) is 0 Å². The number of hydrogen-bond acceptors (Lipinski definition) is 9. The second-order valence-corrected chi connectivity index (χ2v) is 13.4. The molecule has 2 aromatic heterocycles. The van der Waals surface area contributed by atoms with Crippen LogP contribution in [0.25, 0.3) is 22.9 Å². The fraction of sp³-hybridized carbons (Fsp3) is 0.536. The first-order valence-electron chi connectivity index (χ1n) is 14.1. The second-order valence-electron chi connectivity index (χ2n) is 11.6. The molecule has 42 heavy (non-hydrogen) atoms. The SMILES string of the molecule is Cc1cc(-c2nnc(-c3ccc(NS(=O)(=O)CCO)cc3N3CCC4(CC3)CC4)o2)c(F)c(N2CCC(F)(F)CC2)n1. The average molecular weight is 607 g/mol. The maximum atomic E-state index is 15.7. The molecule has 14 heteroatoms. The number of hydrogen-bond donors (Lipinski definition) is 2. The van der Waals surface area contributed by atoms with E-state index in [0.29, 0.717) is 28.0 Å². The molecule has 3 aromatic rings. The summed E-state index contributed by atoms with van der Waals surface area (Å²) in [7, 11) is -3.74. The molecule has 1 saturated carbocycles. The van der Waals surface area contributed by atoms with Crippen molar-refractivity contribution in [3.8, 4) is 22.9 Å². The van der Waals surface area contributed by atoms with E-state index in [2.05, 4.69) is 24.8 Å². The van der Waals surface area contributed by atoms with Gasteiger partial charge in [-0.3, -0.25) is 4.72 Å². The molecule has 0 atom stereocenters. The Labute approximate surface area is 242 Å². The molecule has 10 nitrogen and oxygen atoms in total. The normalized spacial score (nSPS) is 19.7. The third-order valence-electron chi connectivity index (χ3n) is 8.50. The fourth-order valence-corrected chi connectivity index (χ4v) is 6.61. The molecule has 1 aromatic carbocycles. The molecular formula is C28H33F3N6O4S. The second kappa shape index (κ2) is 10.7. The van der Waals surface area contributed by atoms with Crippen LogP contribution in [-0.4, -0.2) is 73.2 Å². The Balaban J connectivity index is 1.33. The van der Waals surface area contributed by atoms with Crippen LogP contribution in [0.15, 0.2) is 28.7 Å². The molecule has 2 aliphatic heterocycles. The van der Waals surface area contributed by atoms with Crippen LogP contribution >= 0.6 is 0 Å². The molecular weight excluding hydrogens is 573 g/mol. The standard InChI is InChI=1S/C28H33F3N6O4S/c1-18-16-21(23(29)24(32-18)37-12-8-28(30,31)9-13-37)26-34-33-25(41-26)20-3-2-19(35-42(39,40)15-14-38)17-22(20)36-10-6-27(4-5-27)7-11-36/h2-3,16-17,35,38H,4-15H2,1H3. The summed E-state index contributed by atoms with van der Waals surface area (Å²) in [6.45, 7) is 2.68. The van der Waals surface area contributed by atoms with Gasteiger partial charge in [0.1, 0.15) is 0 Å². The monoisotopic (exact) mass is 606 g/mol. The molecule has 1 aliphatic carbocycles. The zero-order valence-corrected chi connectivity index (χ0v) is 24.1. The first kappa shape index (κ1) is 28.7. The molecule has 226 valence electrons. The Hall–Kier alpha value is -3.39. The topological polar surface area (TPSA) is 125 Å². The van der Waals surface area contributed by atoms with Crippen LogP contribution in [0.2, 0.25) is 0 Å². The predicted molar refractivity (Wildman–Crippen MR) is 152 cm³/mol. The molecule has 1 spiro atoms. The van der Waals surface area contributed by atoms with E-state index in [9.17, 15) is 17.2 Å². The molecule has 0 bridgehead atoms. The Bertz CT molecular complexity index is 1570. The van der Waals surface area contributed by atoms with Gasteiger partial charge in [-0.25, -0.2) is 26.6 Å². The zero-order valence-electron chi connectivity index (χ0n) is 23.2. The van der Waals surface area contributed by atoms with E-state index >= 15 is 4.39 Å². The minimum absolute atomic E-state index is 0.0240. The summed E-state index contributed by atoms with van der Waals surface area (Å²) in [6, 6.07) is 6.44. The maximum absolute atomic E-state index is 15.7. The van der Waals surface area contributed by atoms with Crippen molar-refractivity contribution >= 4 is 27.2 Å². The third kappa shape index (κ3) is 5.91. The molecule has 0 amide bonds. The van der Waals surface area contributed by atoms with Gasteiger partial charge in [-0.15, -0.1) is 10.2 Å². The van der Waals surface area contributed by atoms with Crippen LogP contribution in [0.5, 0.6) is 0 Å². The molecule has 4 heterocycles. The van der Waals surface area contributed by atoms with Gasteiger partial charge < -0.3 is 19.3 Å². The number of sulfonamides is 1. The molecule has 2 N–H and O–H groups in total. The number of pyridine rings is 1. The van der Waals surface area contributed by atoms with Gasteiger partial charge in [0.2, 0.25) is 15.9 Å². The summed E-state index contributed by atoms with van der Waals surface area (Å²) >= 11 is 0. The highest BCUT2D eigenvalue weighted by atomic mass is 32.2. The van der Waals surface area contributed by atoms with Crippen molar-refractivity contribution in [3.05, 3.63) is 35.8 Å². The number of aliphatic hydroxyl groups is 1. The van der Waals surface area contributed by atoms with Gasteiger partial charge in [0.15, 0.2) is 11.6 Å². The number of nitrogens with one attached hydrogen (secondary N) is 1. The Morgan fingerprint density at radius 2 is 1.60 bits per heavy atom. The highest BCUT2D eigenvalue weighted by Crippen LogP contribution is 2.54. The molecule has 3 fully saturated rings. The smallest absolute Gasteiger partial charge is 0.251 e. The maximum Gasteiger partial charge on any atom is 0.251 e. The van der Waals surface area contributed by atoms with Crippen molar-refractivity contribution < 1.29 is 31.1 Å². The van der Waals surface area contributed by atoms with Crippen molar-refractivity contribution in [3.63, 3.8) is 0 Å². The van der Waals surface area contributed by atoms with Gasteiger partial charge in [0.25, 0.3) is 11.8 Å². The summed E-state index contributed by atoms with van der Waals surface area (Å²) in [4.78, 5) is 7.95. The van der Waals surface area contributed by atoms with E-state index < -0.39 is 34.1 Å². The lowest BCUT2D eigenvalue weighted by Crippen LogP contribution is -2.40. The van der Waals surface area contributed by atoms with Crippen molar-refractivity contribution in [2.45, 2.75) is 51.4 Å². The van der Waals surface area contributed by atoms with Crippen LogP contribution in [0.4, 0.5) is 30.4 Å². The van der Waals surface area contributed by atoms with Crippen LogP contribution < -0.4 is 14.5 Å². The lowest BCUT2D eigenvalue weighted by molar-refractivity contribution is -0.0222. The number of halogens is 3. The van der Waals surface area contributed by atoms with Crippen molar-refractivity contribution in [2.75, 3.05) is 53.1 Å². The third-order valence-corrected chi connectivity index (χ3v) is 9.77. The number of aromatic nitrogens is 3. The highest BCUT2D eigenvalue weighted by Gasteiger charge is 2.44. The minimum Gasteiger partial charge on any atom is -0.416 e. The van der Waals surface area contributed by atoms with Crippen LogP contribution in [0, 0.1) is 18.2 Å². The van der Waals surface area contributed by atoms with Gasteiger partial charge in [-0.05, 0) is 62.3 Å². The first-order valence-corrected chi connectivity index (χ1v) is 15.8. The number of anilines is 3. The fourth-order valence-electron chi connectivity index (χ4n) is 5.78. The van der Waals surface area contributed by atoms with Gasteiger partial charge in [0.05, 0.1) is 34.9 Å². The lowest BCUT2D eigenvalue weighted by atomic mass is 9.93. The number of nitrogens with zero attached hydrogens (tertiary/aromatic N) is 5. The van der Waals surface area contributed by atoms with Crippen LogP contribution in [-0.2, 0) is 10.0 Å². The van der Waals surface area contributed by atoms with Crippen molar-refractivity contribution in [2.24, 2.45) is 5.41 Å². The number of rotatable bonds is 8. The number of piperidine rings is 2. The van der Waals surface area contributed by atoms with Gasteiger partial charge >= 0.3 is 0 Å². The van der Waals surface area contributed by atoms with E-state index in [1.807, 2.05) is 0 Å². The number of aryl methyl sites for hydroxylation is 1. The quantitative estimate of drug-likeness (QED) is 0.379. The predicted octanol–water partition coefficient (Wildman–Crippen LogP) is 4.60. The van der Waals surface area contributed by atoms with Gasteiger partial charge in [0, 0.05) is 44.7 Å². The van der Waals surface area contributed by atoms with Crippen molar-refractivity contribution in [1.29, 1.82) is 0 Å². The van der Waals surface area contributed by atoms with E-state index in [1.165, 1.54) is 23.8 Å². The number of alkyl halides is 2. The summed E-state index contributed by atoms with van der Waals surface area (Å²) in [5, 5.41) is 17.4. The van der Waals surface area contributed by atoms with E-state index in [-0.39, 0.29) is 49.1 Å². The van der Waals surface area contributed by atoms with E-state index in [4.69, 9.17) is 9.52 Å². The summed E-state index contributed by atoms with van der Waals surface area (Å²) in [6.07, 6.45) is 3.73. The average Bonchev–Trinajstić information content (AvgIpc) is 3.51. The molecule has 6 rings (SSSR count). The minimum atomic E-state index is -3.74. The highest BCUT2D eigenvalue weighted by molar-refractivity contribution is 7.92. The number of aliphatic hydroxyl groups excluding tert-OH is 1. The van der Waals surface area contributed by atoms with Gasteiger partial charge in [-0.2, -0.15) is 0 Å². The molecule has 2 saturated heterocycles. The molecule has 0 unspecified atom stereocenters. The Morgan fingerprint density at radius 3 is 2.24 bits per heavy atom. The summed E-state index contributed by atoms with van der Waals surface area (Å²) in [5.74, 6) is -3.90. The van der Waals surface area contributed by atoms with Crippen molar-refractivity contribution in [1.82, 2.24) is 15.2 Å². The summed E-state index contributed by atoms with van der Waals surface area (Å²) in [5.41, 5.74) is 2.51. The summed E-state index contributed by atoms with van der Waals surface area (Å²) < 4.78 is 76.3. The zero-order chi connectivity index (χ0) is 29.7. The number of benzene rings is 1. The van der Waals surface area contributed by atoms with E-state index in [0.717, 1.165) is 25.9 Å². The van der Waals surface area contributed by atoms with Gasteiger partial charge in [-0.1, -0.05) is 0 Å². The van der Waals surface area contributed by atoms with E-state index in [1.54, 1.807) is 25.1 Å². The largest absolute Gasteiger partial charge is 0.416 e. The first-order chi connectivity index (χ1) is 20.0. The molecule has 0 radical (unpaired) electrons. The van der Waals surface area contributed by atoms with Crippen LogP contribution in [0.1, 0.15) is 44.2 Å². The Morgan fingerprint density at radius 1 is 0.952 bits per heavy atom. The Kier molecular flexibility index (Phi) is 7.32. The lowest BCUT2D eigenvalue weighted by Gasteiger charge is -2.35.